The first-order chi connectivity index (χ1) is 14.8. The molecule has 31 heavy (non-hydrogen) atoms. The first-order valence-corrected chi connectivity index (χ1v) is 10.4. The number of β-lactam (4-membered cyclic amide) rings is 1. The fraction of sp³-hybridized carbons (Fsp3) is 0.318. The molecule has 4 rings (SSSR count). The summed E-state index contributed by atoms with van der Waals surface area (Å²) in [6, 6.07) is 9.93. The number of amides is 2. The number of phenolic OH excluding ortho intramolecular Hbond substituents is 1. The van der Waals surface area contributed by atoms with Crippen LogP contribution in [0.4, 0.5) is 5.69 Å². The molecule has 2 aliphatic rings. The molecule has 0 aliphatic carbocycles. The molecule has 2 N–H and O–H groups in total. The minimum Gasteiger partial charge on any atom is -0.507 e. The molecular weight excluding hydrogens is 419 g/mol. The van der Waals surface area contributed by atoms with Gasteiger partial charge in [0, 0.05) is 23.2 Å². The van der Waals surface area contributed by atoms with E-state index in [9.17, 15) is 24.6 Å². The van der Waals surface area contributed by atoms with Crippen molar-refractivity contribution in [3.8, 4) is 5.75 Å². The predicted molar refractivity (Wildman–Crippen MR) is 117 cm³/mol. The zero-order valence-corrected chi connectivity index (χ0v) is 18.2. The van der Waals surface area contributed by atoms with Crippen molar-refractivity contribution < 1.29 is 29.1 Å². The van der Waals surface area contributed by atoms with Crippen molar-refractivity contribution in [3.63, 3.8) is 0 Å². The molecule has 2 aliphatic heterocycles. The van der Waals surface area contributed by atoms with E-state index >= 15 is 0 Å². The summed E-state index contributed by atoms with van der Waals surface area (Å²) in [5.41, 5.74) is 1.26. The third-order valence-electron chi connectivity index (χ3n) is 6.27. The van der Waals surface area contributed by atoms with Gasteiger partial charge >= 0.3 is 5.97 Å². The van der Waals surface area contributed by atoms with E-state index in [1.54, 1.807) is 43.3 Å². The molecule has 0 aromatic heterocycles. The van der Waals surface area contributed by atoms with E-state index in [0.717, 1.165) is 0 Å². The van der Waals surface area contributed by atoms with Crippen molar-refractivity contribution in [1.29, 1.82) is 0 Å². The number of carbonyl (C=O) groups excluding carboxylic acids is 3. The summed E-state index contributed by atoms with van der Waals surface area (Å²) in [5, 5.41) is 21.5. The Kier molecular flexibility index (Phi) is 5.45. The van der Waals surface area contributed by atoms with E-state index in [0.29, 0.717) is 28.4 Å². The molecule has 2 heterocycles. The van der Waals surface area contributed by atoms with Crippen molar-refractivity contribution in [3.05, 3.63) is 47.7 Å². The van der Waals surface area contributed by atoms with Crippen LogP contribution >= 0.6 is 9.47 Å². The van der Waals surface area contributed by atoms with Gasteiger partial charge in [0.05, 0.1) is 33.2 Å². The van der Waals surface area contributed by atoms with Crippen LogP contribution in [0.3, 0.4) is 0 Å². The van der Waals surface area contributed by atoms with Gasteiger partial charge in [-0.3, -0.25) is 9.59 Å². The number of phenols is 1. The molecule has 5 atom stereocenters. The van der Waals surface area contributed by atoms with Gasteiger partial charge in [-0.1, -0.05) is 31.2 Å². The Morgan fingerprint density at radius 2 is 1.97 bits per heavy atom. The molecule has 1 saturated heterocycles. The van der Waals surface area contributed by atoms with Crippen LogP contribution < -0.4 is 4.90 Å². The summed E-state index contributed by atoms with van der Waals surface area (Å²) >= 11 is 0. The predicted octanol–water partition coefficient (Wildman–Crippen LogP) is 1.95. The van der Waals surface area contributed by atoms with Gasteiger partial charge in [-0.15, -0.1) is 0 Å². The Hall–Kier alpha value is -2.96. The van der Waals surface area contributed by atoms with Crippen LogP contribution in [0, 0.1) is 11.8 Å². The van der Waals surface area contributed by atoms with Crippen molar-refractivity contribution in [2.45, 2.75) is 26.0 Å². The van der Waals surface area contributed by atoms with Gasteiger partial charge in [-0.05, 0) is 24.6 Å². The average molecular weight is 442 g/mol. The molecule has 8 nitrogen and oxygen atoms in total. The highest BCUT2D eigenvalue weighted by molar-refractivity contribution is 7.10. The Bertz CT molecular complexity index is 1110. The van der Waals surface area contributed by atoms with Gasteiger partial charge in [-0.2, -0.15) is 0 Å². The fourth-order valence-electron chi connectivity index (χ4n) is 4.79. The van der Waals surface area contributed by atoms with Crippen molar-refractivity contribution in [2.24, 2.45) is 11.8 Å². The van der Waals surface area contributed by atoms with Gasteiger partial charge in [0.2, 0.25) is 12.3 Å². The van der Waals surface area contributed by atoms with Crippen molar-refractivity contribution >= 4 is 44.2 Å². The molecule has 162 valence electrons. The number of rotatable bonds is 6. The number of hydrogen-bond donors (Lipinski definition) is 2. The second kappa shape index (κ2) is 7.94. The molecule has 0 saturated carbocycles. The third-order valence-corrected chi connectivity index (χ3v) is 6.48. The zero-order valence-electron chi connectivity index (χ0n) is 17.1. The minimum atomic E-state index is -0.855. The lowest BCUT2D eigenvalue weighted by Gasteiger charge is -2.46. The number of aromatic hydroxyl groups is 1. The maximum atomic E-state index is 12.7. The van der Waals surface area contributed by atoms with Crippen LogP contribution in [0.25, 0.3) is 10.8 Å². The number of aliphatic hydroxyl groups is 1. The quantitative estimate of drug-likeness (QED) is 0.402. The number of anilines is 1. The highest BCUT2D eigenvalue weighted by Gasteiger charge is 2.60. The largest absolute Gasteiger partial charge is 0.507 e. The van der Waals surface area contributed by atoms with Crippen LogP contribution in [0.2, 0.25) is 0 Å². The van der Waals surface area contributed by atoms with Gasteiger partial charge < -0.3 is 24.5 Å². The monoisotopic (exact) mass is 442 g/mol. The third kappa shape index (κ3) is 3.18. The number of fused-ring (bicyclic) bond motifs is 2. The van der Waals surface area contributed by atoms with Crippen LogP contribution in [0.15, 0.2) is 47.7 Å². The Morgan fingerprint density at radius 1 is 1.29 bits per heavy atom. The molecule has 2 aromatic rings. The fourth-order valence-corrected chi connectivity index (χ4v) is 4.90. The topological polar surface area (TPSA) is 107 Å². The second-order valence-electron chi connectivity index (χ2n) is 7.92. The molecule has 2 aromatic carbocycles. The van der Waals surface area contributed by atoms with Crippen molar-refractivity contribution in [1.82, 2.24) is 4.90 Å². The zero-order chi connectivity index (χ0) is 22.4. The van der Waals surface area contributed by atoms with E-state index < -0.39 is 18.0 Å². The highest BCUT2D eigenvalue weighted by atomic mass is 31.0. The molecule has 0 spiro atoms. The van der Waals surface area contributed by atoms with Gasteiger partial charge in [0.15, 0.2) is 0 Å². The molecule has 9 heteroatoms. The summed E-state index contributed by atoms with van der Waals surface area (Å²) in [6.07, 6.45) is -0.196. The normalized spacial score (nSPS) is 23.4. The van der Waals surface area contributed by atoms with Gasteiger partial charge in [0.1, 0.15) is 11.4 Å². The van der Waals surface area contributed by atoms with Gasteiger partial charge in [0.25, 0.3) is 0 Å². The van der Waals surface area contributed by atoms with Crippen LogP contribution in [0.1, 0.15) is 13.8 Å². The Morgan fingerprint density at radius 3 is 2.61 bits per heavy atom. The maximum absolute atomic E-state index is 12.7. The number of aliphatic hydroxyl groups excluding tert-OH is 1. The summed E-state index contributed by atoms with van der Waals surface area (Å²) in [5.74, 6) is -1.80. The first-order valence-electron chi connectivity index (χ1n) is 9.89. The lowest BCUT2D eigenvalue weighted by Crippen LogP contribution is -2.63. The molecule has 0 bridgehead atoms. The smallest absolute Gasteiger partial charge is 0.357 e. The van der Waals surface area contributed by atoms with Gasteiger partial charge in [-0.25, -0.2) is 4.79 Å². The van der Waals surface area contributed by atoms with Crippen LogP contribution in [0.5, 0.6) is 5.75 Å². The van der Waals surface area contributed by atoms with E-state index in [4.69, 9.17) is 4.52 Å². The number of hydrogen-bond acceptors (Lipinski definition) is 6. The molecular formula is C22H23N2O6P. The second-order valence-corrected chi connectivity index (χ2v) is 8.15. The molecule has 1 fully saturated rings. The van der Waals surface area contributed by atoms with Crippen LogP contribution in [-0.4, -0.2) is 52.1 Å². The lowest BCUT2D eigenvalue weighted by atomic mass is 9.77. The Balaban J connectivity index is 1.77. The van der Waals surface area contributed by atoms with E-state index in [1.807, 2.05) is 16.4 Å². The number of carbonyl (C=O) groups is 3. The first kappa shape index (κ1) is 21.3. The van der Waals surface area contributed by atoms with Crippen molar-refractivity contribution in [2.75, 3.05) is 11.4 Å². The van der Waals surface area contributed by atoms with Crippen LogP contribution in [-0.2, 0) is 18.9 Å². The molecule has 1 unspecified atom stereocenters. The minimum absolute atomic E-state index is 0.0569. The van der Waals surface area contributed by atoms with E-state index in [2.05, 4.69) is 0 Å². The number of nitrogens with zero attached hydrogens (tertiary/aromatic N) is 2. The average Bonchev–Trinajstić information content (AvgIpc) is 2.99. The summed E-state index contributed by atoms with van der Waals surface area (Å²) in [6.45, 7) is 3.48. The summed E-state index contributed by atoms with van der Waals surface area (Å²) in [7, 11) is 1.89. The number of benzene rings is 2. The maximum Gasteiger partial charge on any atom is 0.357 e. The van der Waals surface area contributed by atoms with E-state index in [1.165, 1.54) is 9.80 Å². The molecule has 0 radical (unpaired) electrons. The standard InChI is InChI=1S/C22H23N2O6P/c1-11-15(20(22(29)30-31)24-19(11)18(12(2)26)21(24)28)9-23(10-25)16-7-3-6-14-13(16)5-4-8-17(14)27/h3-8,10-12,18-19,26-27H,9,31H2,1-2H3/t11-,12+,18+,19+/m0/s1. The SMILES string of the molecule is C[C@@H](O)[C@H]1C(=O)N2C(C(=O)OP)=C(CN(C=O)c3cccc4c(O)cccc34)[C@H](C)[C@H]12. The molecule has 2 amide bonds. The summed E-state index contributed by atoms with van der Waals surface area (Å²) < 4.78 is 4.84. The lowest BCUT2D eigenvalue weighted by molar-refractivity contribution is -0.162. The van der Waals surface area contributed by atoms with E-state index in [-0.39, 0.29) is 35.9 Å². The summed E-state index contributed by atoms with van der Waals surface area (Å²) in [4.78, 5) is 40.1. The highest BCUT2D eigenvalue weighted by Crippen LogP contribution is 2.48. The Labute approximate surface area is 181 Å².